The molecule has 6 nitrogen and oxygen atoms in total. The fourth-order valence-corrected chi connectivity index (χ4v) is 4.23. The number of urea groups is 1. The van der Waals surface area contributed by atoms with Crippen molar-refractivity contribution in [3.8, 4) is 0 Å². The monoisotopic (exact) mass is 343 g/mol. The first-order valence-corrected chi connectivity index (χ1v) is 9.66. The maximum Gasteiger partial charge on any atom is 0.317 e. The van der Waals surface area contributed by atoms with Gasteiger partial charge in [-0.1, -0.05) is 18.9 Å². The molecule has 136 valence electrons. The second-order valence-electron chi connectivity index (χ2n) is 7.71. The molecule has 1 aromatic rings. The Morgan fingerprint density at radius 3 is 2.48 bits per heavy atom. The minimum absolute atomic E-state index is 0.104. The Morgan fingerprint density at radius 1 is 1.12 bits per heavy atom. The highest BCUT2D eigenvalue weighted by Gasteiger charge is 2.32. The van der Waals surface area contributed by atoms with E-state index in [1.165, 1.54) is 31.2 Å². The number of aromatic nitrogens is 1. The second-order valence-corrected chi connectivity index (χ2v) is 7.71. The largest absolute Gasteiger partial charge is 0.352 e. The number of nitrogens with one attached hydrogen (secondary N) is 1. The van der Waals surface area contributed by atoms with Crippen LogP contribution in [0.3, 0.4) is 0 Å². The van der Waals surface area contributed by atoms with Crippen LogP contribution in [0.4, 0.5) is 10.6 Å². The minimum atomic E-state index is 0.104. The molecule has 1 aromatic heterocycles. The molecule has 2 amide bonds. The zero-order valence-corrected chi connectivity index (χ0v) is 15.2. The fourth-order valence-electron chi connectivity index (χ4n) is 4.23. The van der Waals surface area contributed by atoms with Gasteiger partial charge in [0.25, 0.3) is 0 Å². The molecular formula is C19H29N5O. The molecule has 0 radical (unpaired) electrons. The molecule has 0 bridgehead atoms. The third-order valence-electron chi connectivity index (χ3n) is 5.87. The standard InChI is InChI=1S/C19H29N5O/c1-15-6-7-18(20-12-15)24-13-16(14-24)21-19(25)23-10-8-22(9-11-23)17-4-2-3-5-17/h6-7,12,16-17H,2-5,8-11,13-14H2,1H3,(H,21,25). The van der Waals surface area contributed by atoms with E-state index in [0.717, 1.165) is 51.1 Å². The Morgan fingerprint density at radius 2 is 1.84 bits per heavy atom. The molecule has 4 rings (SSSR count). The van der Waals surface area contributed by atoms with Crippen LogP contribution < -0.4 is 10.2 Å². The van der Waals surface area contributed by atoms with Gasteiger partial charge < -0.3 is 15.1 Å². The highest BCUT2D eigenvalue weighted by atomic mass is 16.2. The molecule has 3 fully saturated rings. The van der Waals surface area contributed by atoms with Gasteiger partial charge in [-0.15, -0.1) is 0 Å². The van der Waals surface area contributed by atoms with Gasteiger partial charge in [-0.05, 0) is 31.4 Å². The molecule has 25 heavy (non-hydrogen) atoms. The summed E-state index contributed by atoms with van der Waals surface area (Å²) < 4.78 is 0. The number of piperazine rings is 1. The highest BCUT2D eigenvalue weighted by Crippen LogP contribution is 2.24. The van der Waals surface area contributed by atoms with Gasteiger partial charge in [0.1, 0.15) is 5.82 Å². The van der Waals surface area contributed by atoms with Gasteiger partial charge in [0.2, 0.25) is 0 Å². The summed E-state index contributed by atoms with van der Waals surface area (Å²) in [5.74, 6) is 1.00. The van der Waals surface area contributed by atoms with Crippen molar-refractivity contribution in [3.63, 3.8) is 0 Å². The van der Waals surface area contributed by atoms with Crippen LogP contribution in [-0.4, -0.2) is 72.2 Å². The second kappa shape index (κ2) is 7.20. The van der Waals surface area contributed by atoms with Crippen LogP contribution in [0.5, 0.6) is 0 Å². The van der Waals surface area contributed by atoms with Crippen molar-refractivity contribution >= 4 is 11.8 Å². The first-order valence-electron chi connectivity index (χ1n) is 9.66. The lowest BCUT2D eigenvalue weighted by molar-refractivity contribution is 0.108. The van der Waals surface area contributed by atoms with Gasteiger partial charge in [0.15, 0.2) is 0 Å². The molecule has 1 N–H and O–H groups in total. The zero-order valence-electron chi connectivity index (χ0n) is 15.2. The number of aryl methyl sites for hydroxylation is 1. The topological polar surface area (TPSA) is 51.7 Å². The fraction of sp³-hybridized carbons (Fsp3) is 0.684. The summed E-state index contributed by atoms with van der Waals surface area (Å²) in [5.41, 5.74) is 1.17. The molecule has 0 aromatic carbocycles. The van der Waals surface area contributed by atoms with Crippen molar-refractivity contribution in [2.45, 2.75) is 44.7 Å². The van der Waals surface area contributed by atoms with Crippen LogP contribution in [0.1, 0.15) is 31.2 Å². The maximum atomic E-state index is 12.5. The van der Waals surface area contributed by atoms with E-state index in [9.17, 15) is 4.79 Å². The zero-order chi connectivity index (χ0) is 17.2. The predicted molar refractivity (Wildman–Crippen MR) is 98.9 cm³/mol. The molecule has 0 spiro atoms. The van der Waals surface area contributed by atoms with Crippen molar-refractivity contribution in [1.29, 1.82) is 0 Å². The Bertz CT molecular complexity index is 584. The first-order chi connectivity index (χ1) is 12.2. The van der Waals surface area contributed by atoms with E-state index >= 15 is 0 Å². The van der Waals surface area contributed by atoms with E-state index in [-0.39, 0.29) is 12.1 Å². The van der Waals surface area contributed by atoms with Gasteiger partial charge in [-0.3, -0.25) is 4.90 Å². The minimum Gasteiger partial charge on any atom is -0.352 e. The van der Waals surface area contributed by atoms with E-state index in [4.69, 9.17) is 0 Å². The van der Waals surface area contributed by atoms with E-state index in [1.54, 1.807) is 0 Å². The number of hydrogen-bond acceptors (Lipinski definition) is 4. The summed E-state index contributed by atoms with van der Waals surface area (Å²) in [6.07, 6.45) is 7.33. The van der Waals surface area contributed by atoms with Crippen molar-refractivity contribution in [2.24, 2.45) is 0 Å². The maximum absolute atomic E-state index is 12.5. The van der Waals surface area contributed by atoms with E-state index in [1.807, 2.05) is 18.0 Å². The van der Waals surface area contributed by atoms with Gasteiger partial charge in [-0.25, -0.2) is 9.78 Å². The molecule has 2 saturated heterocycles. The number of carbonyl (C=O) groups is 1. The van der Waals surface area contributed by atoms with Crippen LogP contribution in [0.15, 0.2) is 18.3 Å². The summed E-state index contributed by atoms with van der Waals surface area (Å²) in [7, 11) is 0. The smallest absolute Gasteiger partial charge is 0.317 e. The molecule has 3 aliphatic rings. The summed E-state index contributed by atoms with van der Waals surface area (Å²) in [5, 5.41) is 3.18. The number of carbonyl (C=O) groups excluding carboxylic acids is 1. The third kappa shape index (κ3) is 3.73. The Hall–Kier alpha value is -1.82. The average molecular weight is 343 g/mol. The third-order valence-corrected chi connectivity index (χ3v) is 5.87. The van der Waals surface area contributed by atoms with Gasteiger partial charge in [0.05, 0.1) is 6.04 Å². The molecule has 1 aliphatic carbocycles. The normalized spacial score (nSPS) is 22.9. The molecule has 0 unspecified atom stereocenters. The van der Waals surface area contributed by atoms with E-state index in [2.05, 4.69) is 32.2 Å². The summed E-state index contributed by atoms with van der Waals surface area (Å²) in [4.78, 5) is 23.7. The summed E-state index contributed by atoms with van der Waals surface area (Å²) >= 11 is 0. The van der Waals surface area contributed by atoms with Crippen LogP contribution in [0.25, 0.3) is 0 Å². The number of hydrogen-bond donors (Lipinski definition) is 1. The van der Waals surface area contributed by atoms with Gasteiger partial charge in [0, 0.05) is 51.5 Å². The first kappa shape index (κ1) is 16.6. The highest BCUT2D eigenvalue weighted by molar-refractivity contribution is 5.75. The number of anilines is 1. The van der Waals surface area contributed by atoms with Crippen LogP contribution in [0.2, 0.25) is 0 Å². The molecule has 1 saturated carbocycles. The number of nitrogens with zero attached hydrogens (tertiary/aromatic N) is 4. The van der Waals surface area contributed by atoms with Crippen LogP contribution in [0, 0.1) is 6.92 Å². The lowest BCUT2D eigenvalue weighted by atomic mass is 10.1. The van der Waals surface area contributed by atoms with Crippen molar-refractivity contribution in [2.75, 3.05) is 44.2 Å². The average Bonchev–Trinajstić information content (AvgIpc) is 3.13. The summed E-state index contributed by atoms with van der Waals surface area (Å²) in [6, 6.07) is 5.25. The summed E-state index contributed by atoms with van der Waals surface area (Å²) in [6.45, 7) is 7.52. The van der Waals surface area contributed by atoms with Gasteiger partial charge in [-0.2, -0.15) is 0 Å². The molecule has 3 heterocycles. The number of amides is 2. The Labute approximate surface area is 150 Å². The molecule has 2 aliphatic heterocycles. The number of pyridine rings is 1. The SMILES string of the molecule is Cc1ccc(N2CC(NC(=O)N3CCN(C4CCCC4)CC3)C2)nc1. The van der Waals surface area contributed by atoms with Crippen LogP contribution >= 0.6 is 0 Å². The quantitative estimate of drug-likeness (QED) is 0.910. The lowest BCUT2D eigenvalue weighted by Crippen LogP contribution is -2.63. The Balaban J connectivity index is 1.19. The lowest BCUT2D eigenvalue weighted by Gasteiger charge is -2.42. The van der Waals surface area contributed by atoms with Gasteiger partial charge >= 0.3 is 6.03 Å². The van der Waals surface area contributed by atoms with Crippen molar-refractivity contribution < 1.29 is 4.79 Å². The van der Waals surface area contributed by atoms with E-state index < -0.39 is 0 Å². The van der Waals surface area contributed by atoms with Crippen molar-refractivity contribution in [3.05, 3.63) is 23.9 Å². The molecule has 0 atom stereocenters. The molecular weight excluding hydrogens is 314 g/mol. The predicted octanol–water partition coefficient (Wildman–Crippen LogP) is 1.85. The Kier molecular flexibility index (Phi) is 4.79. The van der Waals surface area contributed by atoms with Crippen molar-refractivity contribution in [1.82, 2.24) is 20.1 Å². The molecule has 6 heteroatoms. The van der Waals surface area contributed by atoms with E-state index in [0.29, 0.717) is 0 Å². The number of rotatable bonds is 3. The van der Waals surface area contributed by atoms with Crippen LogP contribution in [-0.2, 0) is 0 Å².